The van der Waals surface area contributed by atoms with Crippen LogP contribution in [0.25, 0.3) is 0 Å². The van der Waals surface area contributed by atoms with Gasteiger partial charge in [-0.3, -0.25) is 19.8 Å². The van der Waals surface area contributed by atoms with Gasteiger partial charge in [-0.25, -0.2) is 5.84 Å². The lowest BCUT2D eigenvalue weighted by Crippen LogP contribution is -2.32. The molecule has 0 radical (unpaired) electrons. The first-order valence-corrected chi connectivity index (χ1v) is 6.35. The molecule has 2 aromatic carbocycles. The molecule has 106 valence electrons. The number of nitrogens with one attached hydrogen (secondary N) is 1. The number of Topliss-reactive ketones (excluding diaryl/α,β-unsaturated/α-hetero) is 2. The van der Waals surface area contributed by atoms with Crippen LogP contribution < -0.4 is 11.3 Å². The summed E-state index contributed by atoms with van der Waals surface area (Å²) in [5.41, 5.74) is 3.01. The SMILES string of the molecule is NNC(=O)Cc1ccccc1C(=O)C(=O)c1ccccc1. The molecule has 0 spiro atoms. The molecule has 0 heterocycles. The van der Waals surface area contributed by atoms with Gasteiger partial charge in [0, 0.05) is 11.1 Å². The zero-order valence-electron chi connectivity index (χ0n) is 11.2. The summed E-state index contributed by atoms with van der Waals surface area (Å²) in [4.78, 5) is 35.9. The molecule has 0 fully saturated rings. The molecule has 0 atom stereocenters. The van der Waals surface area contributed by atoms with Crippen molar-refractivity contribution in [3.63, 3.8) is 0 Å². The largest absolute Gasteiger partial charge is 0.294 e. The first-order chi connectivity index (χ1) is 10.1. The Balaban J connectivity index is 2.31. The van der Waals surface area contributed by atoms with Gasteiger partial charge in [-0.2, -0.15) is 0 Å². The van der Waals surface area contributed by atoms with Crippen LogP contribution in [0.2, 0.25) is 0 Å². The van der Waals surface area contributed by atoms with Crippen molar-refractivity contribution in [2.24, 2.45) is 5.84 Å². The van der Waals surface area contributed by atoms with Gasteiger partial charge in [-0.1, -0.05) is 54.6 Å². The quantitative estimate of drug-likeness (QED) is 0.284. The molecule has 5 heteroatoms. The summed E-state index contributed by atoms with van der Waals surface area (Å²) in [6, 6.07) is 14.8. The van der Waals surface area contributed by atoms with Crippen molar-refractivity contribution in [2.75, 3.05) is 0 Å². The predicted molar refractivity (Wildman–Crippen MR) is 77.6 cm³/mol. The number of hydrogen-bond donors (Lipinski definition) is 2. The molecule has 0 aliphatic carbocycles. The Morgan fingerprint density at radius 2 is 1.48 bits per heavy atom. The van der Waals surface area contributed by atoms with E-state index < -0.39 is 17.5 Å². The van der Waals surface area contributed by atoms with Crippen molar-refractivity contribution in [2.45, 2.75) is 6.42 Å². The minimum atomic E-state index is -0.637. The van der Waals surface area contributed by atoms with Crippen molar-refractivity contribution in [3.05, 3.63) is 71.3 Å². The van der Waals surface area contributed by atoms with E-state index in [2.05, 4.69) is 0 Å². The van der Waals surface area contributed by atoms with Gasteiger partial charge in [0.2, 0.25) is 17.5 Å². The molecule has 0 aliphatic rings. The van der Waals surface area contributed by atoms with Gasteiger partial charge in [0.25, 0.3) is 0 Å². The number of hydrogen-bond acceptors (Lipinski definition) is 4. The van der Waals surface area contributed by atoms with E-state index in [9.17, 15) is 14.4 Å². The molecule has 2 rings (SSSR count). The molecule has 0 aromatic heterocycles. The highest BCUT2D eigenvalue weighted by Gasteiger charge is 2.21. The average molecular weight is 282 g/mol. The number of carbonyl (C=O) groups excluding carboxylic acids is 3. The van der Waals surface area contributed by atoms with Crippen LogP contribution in [0, 0.1) is 0 Å². The number of amides is 1. The minimum Gasteiger partial charge on any atom is -0.294 e. The van der Waals surface area contributed by atoms with E-state index >= 15 is 0 Å². The van der Waals surface area contributed by atoms with Crippen LogP contribution in [0.4, 0.5) is 0 Å². The van der Waals surface area contributed by atoms with Crippen LogP contribution in [-0.2, 0) is 11.2 Å². The number of carbonyl (C=O) groups is 3. The maximum atomic E-state index is 12.3. The van der Waals surface area contributed by atoms with Gasteiger partial charge in [-0.15, -0.1) is 0 Å². The summed E-state index contributed by atoms with van der Waals surface area (Å²) >= 11 is 0. The Labute approximate surface area is 121 Å². The lowest BCUT2D eigenvalue weighted by Gasteiger charge is -2.07. The molecular weight excluding hydrogens is 268 g/mol. The Bertz CT molecular complexity index is 681. The zero-order valence-corrected chi connectivity index (χ0v) is 11.2. The highest BCUT2D eigenvalue weighted by atomic mass is 16.2. The van der Waals surface area contributed by atoms with Gasteiger partial charge in [0.15, 0.2) is 0 Å². The van der Waals surface area contributed by atoms with Crippen LogP contribution >= 0.6 is 0 Å². The van der Waals surface area contributed by atoms with E-state index in [0.717, 1.165) is 0 Å². The molecule has 0 aliphatic heterocycles. The third-order valence-electron chi connectivity index (χ3n) is 3.02. The van der Waals surface area contributed by atoms with Gasteiger partial charge in [0.05, 0.1) is 6.42 Å². The molecule has 0 saturated heterocycles. The molecule has 3 N–H and O–H groups in total. The first kappa shape index (κ1) is 14.6. The molecule has 5 nitrogen and oxygen atoms in total. The second kappa shape index (κ2) is 6.58. The summed E-state index contributed by atoms with van der Waals surface area (Å²) < 4.78 is 0. The fraction of sp³-hybridized carbons (Fsp3) is 0.0625. The second-order valence-corrected chi connectivity index (χ2v) is 4.43. The molecular formula is C16H14N2O3. The Morgan fingerprint density at radius 3 is 2.14 bits per heavy atom. The van der Waals surface area contributed by atoms with Gasteiger partial charge in [0.1, 0.15) is 0 Å². The standard InChI is InChI=1S/C16H14N2O3/c17-18-14(19)10-12-8-4-5-9-13(12)16(21)15(20)11-6-2-1-3-7-11/h1-9H,10,17H2,(H,18,19). The highest BCUT2D eigenvalue weighted by Crippen LogP contribution is 2.13. The van der Waals surface area contributed by atoms with Crippen molar-refractivity contribution in [1.29, 1.82) is 0 Å². The maximum Gasteiger partial charge on any atom is 0.238 e. The van der Waals surface area contributed by atoms with Crippen LogP contribution in [0.1, 0.15) is 26.3 Å². The lowest BCUT2D eigenvalue weighted by atomic mass is 9.96. The van der Waals surface area contributed by atoms with Crippen LogP contribution in [0.3, 0.4) is 0 Å². The number of nitrogens with two attached hydrogens (primary N) is 1. The van der Waals surface area contributed by atoms with E-state index in [1.165, 1.54) is 6.07 Å². The van der Waals surface area contributed by atoms with Crippen molar-refractivity contribution < 1.29 is 14.4 Å². The monoisotopic (exact) mass is 282 g/mol. The summed E-state index contributed by atoms with van der Waals surface area (Å²) in [5.74, 6) is 3.38. The molecule has 0 bridgehead atoms. The van der Waals surface area contributed by atoms with Crippen molar-refractivity contribution in [1.82, 2.24) is 5.43 Å². The Morgan fingerprint density at radius 1 is 0.857 bits per heavy atom. The average Bonchev–Trinajstić information content (AvgIpc) is 2.54. The Kier molecular flexibility index (Phi) is 4.58. The smallest absolute Gasteiger partial charge is 0.238 e. The molecule has 2 aromatic rings. The normalized spacial score (nSPS) is 9.95. The predicted octanol–water partition coefficient (Wildman–Crippen LogP) is 1.28. The fourth-order valence-electron chi connectivity index (χ4n) is 1.96. The van der Waals surface area contributed by atoms with Gasteiger partial charge in [-0.05, 0) is 5.56 Å². The van der Waals surface area contributed by atoms with Crippen LogP contribution in [0.5, 0.6) is 0 Å². The van der Waals surface area contributed by atoms with Gasteiger partial charge < -0.3 is 0 Å². The summed E-state index contributed by atoms with van der Waals surface area (Å²) in [5, 5.41) is 0. The first-order valence-electron chi connectivity index (χ1n) is 6.35. The number of hydrazine groups is 1. The van der Waals surface area contributed by atoms with Crippen molar-refractivity contribution in [3.8, 4) is 0 Å². The van der Waals surface area contributed by atoms with E-state index in [1.54, 1.807) is 48.5 Å². The third kappa shape index (κ3) is 3.40. The number of benzene rings is 2. The maximum absolute atomic E-state index is 12.3. The van der Waals surface area contributed by atoms with E-state index in [-0.39, 0.29) is 12.0 Å². The van der Waals surface area contributed by atoms with E-state index in [1.807, 2.05) is 5.43 Å². The molecule has 0 saturated carbocycles. The van der Waals surface area contributed by atoms with Crippen molar-refractivity contribution >= 4 is 17.5 Å². The van der Waals surface area contributed by atoms with Crippen LogP contribution in [0.15, 0.2) is 54.6 Å². The minimum absolute atomic E-state index is 0.0551. The van der Waals surface area contributed by atoms with E-state index in [4.69, 9.17) is 5.84 Å². The number of ketones is 2. The zero-order chi connectivity index (χ0) is 15.2. The van der Waals surface area contributed by atoms with Crippen LogP contribution in [-0.4, -0.2) is 17.5 Å². The summed E-state index contributed by atoms with van der Waals surface area (Å²) in [6.45, 7) is 0. The lowest BCUT2D eigenvalue weighted by molar-refractivity contribution is -0.120. The third-order valence-corrected chi connectivity index (χ3v) is 3.02. The topological polar surface area (TPSA) is 89.3 Å². The van der Waals surface area contributed by atoms with Gasteiger partial charge >= 0.3 is 0 Å². The second-order valence-electron chi connectivity index (χ2n) is 4.43. The molecule has 21 heavy (non-hydrogen) atoms. The molecule has 0 unspecified atom stereocenters. The highest BCUT2D eigenvalue weighted by molar-refractivity contribution is 6.49. The molecule has 1 amide bonds. The summed E-state index contributed by atoms with van der Waals surface area (Å²) in [7, 11) is 0. The van der Waals surface area contributed by atoms with E-state index in [0.29, 0.717) is 11.1 Å². The fourth-order valence-corrected chi connectivity index (χ4v) is 1.96. The number of rotatable bonds is 5. The summed E-state index contributed by atoms with van der Waals surface area (Å²) in [6.07, 6.45) is -0.0551. The Hall–Kier alpha value is -2.79.